The van der Waals surface area contributed by atoms with Gasteiger partial charge in [-0.15, -0.1) is 0 Å². The van der Waals surface area contributed by atoms with Gasteiger partial charge in [0.2, 0.25) is 0 Å². The summed E-state index contributed by atoms with van der Waals surface area (Å²) in [6.45, 7) is 6.66. The lowest BCUT2D eigenvalue weighted by Gasteiger charge is -2.43. The average Bonchev–Trinajstić information content (AvgIpc) is 1.93. The van der Waals surface area contributed by atoms with E-state index in [4.69, 9.17) is 5.11 Å². The molecule has 0 aromatic heterocycles. The molecule has 0 aromatic carbocycles. The number of hydrogen-bond acceptors (Lipinski definition) is 3. The number of nitrogens with one attached hydrogen (secondary N) is 2. The minimum Gasteiger partial charge on any atom is -0.481 e. The van der Waals surface area contributed by atoms with E-state index in [0.717, 1.165) is 19.6 Å². The molecule has 1 rings (SSSR count). The van der Waals surface area contributed by atoms with Crippen LogP contribution in [0.5, 0.6) is 0 Å². The van der Waals surface area contributed by atoms with Crippen LogP contribution in [0.2, 0.25) is 0 Å². The normalized spacial score (nSPS) is 19.9. The molecule has 0 spiro atoms. The molecule has 0 aromatic rings. The van der Waals surface area contributed by atoms with Gasteiger partial charge in [0.1, 0.15) is 0 Å². The van der Waals surface area contributed by atoms with Crippen LogP contribution in [0.25, 0.3) is 0 Å². The molecule has 1 aliphatic rings. The van der Waals surface area contributed by atoms with E-state index < -0.39 is 5.97 Å². The standard InChI is InChI=1S/C9H18N2O2/c1-7(2)4-11-9(3-8(12)13)5-10-6-9/h7,10-11H,3-6H2,1-2H3,(H,12,13). The summed E-state index contributed by atoms with van der Waals surface area (Å²) >= 11 is 0. The van der Waals surface area contributed by atoms with Crippen LogP contribution in [0.3, 0.4) is 0 Å². The number of hydrogen-bond donors (Lipinski definition) is 3. The van der Waals surface area contributed by atoms with E-state index in [2.05, 4.69) is 24.5 Å². The van der Waals surface area contributed by atoms with Crippen molar-refractivity contribution >= 4 is 5.97 Å². The third kappa shape index (κ3) is 2.97. The molecule has 0 radical (unpaired) electrons. The van der Waals surface area contributed by atoms with Gasteiger partial charge in [-0.3, -0.25) is 4.79 Å². The smallest absolute Gasteiger partial charge is 0.305 e. The van der Waals surface area contributed by atoms with Gasteiger partial charge in [0.05, 0.1) is 12.0 Å². The topological polar surface area (TPSA) is 61.4 Å². The minimum absolute atomic E-state index is 0.184. The predicted octanol–water partition coefficient (Wildman–Crippen LogP) is 0.0487. The Hall–Kier alpha value is -0.610. The summed E-state index contributed by atoms with van der Waals surface area (Å²) in [4.78, 5) is 10.6. The molecule has 1 saturated heterocycles. The van der Waals surface area contributed by atoms with Gasteiger partial charge in [-0.2, -0.15) is 0 Å². The van der Waals surface area contributed by atoms with Gasteiger partial charge >= 0.3 is 5.97 Å². The Labute approximate surface area is 78.7 Å². The third-order valence-corrected chi connectivity index (χ3v) is 2.30. The Balaban J connectivity index is 2.36. The number of carbonyl (C=O) groups is 1. The highest BCUT2D eigenvalue weighted by molar-refractivity contribution is 5.68. The SMILES string of the molecule is CC(C)CNC1(CC(=O)O)CNC1. The number of carboxylic acid groups (broad SMARTS) is 1. The molecule has 4 heteroatoms. The second-order valence-corrected chi connectivity index (χ2v) is 4.23. The molecule has 3 N–H and O–H groups in total. The first-order valence-electron chi connectivity index (χ1n) is 4.72. The van der Waals surface area contributed by atoms with Crippen molar-refractivity contribution in [2.45, 2.75) is 25.8 Å². The lowest BCUT2D eigenvalue weighted by atomic mass is 9.88. The van der Waals surface area contributed by atoms with Crippen LogP contribution < -0.4 is 10.6 Å². The molecule has 13 heavy (non-hydrogen) atoms. The van der Waals surface area contributed by atoms with Crippen molar-refractivity contribution in [3.8, 4) is 0 Å². The molecule has 1 heterocycles. The monoisotopic (exact) mass is 186 g/mol. The highest BCUT2D eigenvalue weighted by Crippen LogP contribution is 2.16. The van der Waals surface area contributed by atoms with E-state index in [9.17, 15) is 4.79 Å². The van der Waals surface area contributed by atoms with Crippen molar-refractivity contribution in [2.75, 3.05) is 19.6 Å². The van der Waals surface area contributed by atoms with Crippen LogP contribution in [0.4, 0.5) is 0 Å². The summed E-state index contributed by atoms with van der Waals surface area (Å²) in [6, 6.07) is 0. The first-order valence-corrected chi connectivity index (χ1v) is 4.72. The molecule has 0 bridgehead atoms. The molecule has 76 valence electrons. The molecule has 0 amide bonds. The van der Waals surface area contributed by atoms with Gasteiger partial charge in [0, 0.05) is 13.1 Å². The maximum absolute atomic E-state index is 10.6. The summed E-state index contributed by atoms with van der Waals surface area (Å²) < 4.78 is 0. The Morgan fingerprint density at radius 2 is 2.23 bits per heavy atom. The summed E-state index contributed by atoms with van der Waals surface area (Å²) in [7, 11) is 0. The van der Waals surface area contributed by atoms with Crippen LogP contribution >= 0.6 is 0 Å². The van der Waals surface area contributed by atoms with Gasteiger partial charge < -0.3 is 15.7 Å². The Morgan fingerprint density at radius 1 is 1.62 bits per heavy atom. The van der Waals surface area contributed by atoms with Crippen LogP contribution in [-0.4, -0.2) is 36.2 Å². The van der Waals surface area contributed by atoms with Crippen molar-refractivity contribution in [1.29, 1.82) is 0 Å². The van der Waals surface area contributed by atoms with Gasteiger partial charge in [-0.1, -0.05) is 13.8 Å². The predicted molar refractivity (Wildman–Crippen MR) is 50.7 cm³/mol. The first-order chi connectivity index (χ1) is 6.04. The molecular formula is C9H18N2O2. The zero-order valence-corrected chi connectivity index (χ0v) is 8.26. The number of rotatable bonds is 5. The van der Waals surface area contributed by atoms with Crippen LogP contribution in [-0.2, 0) is 4.79 Å². The van der Waals surface area contributed by atoms with E-state index in [1.807, 2.05) is 0 Å². The van der Waals surface area contributed by atoms with Gasteiger partial charge in [0.15, 0.2) is 0 Å². The maximum Gasteiger partial charge on any atom is 0.305 e. The van der Waals surface area contributed by atoms with Crippen molar-refractivity contribution in [3.05, 3.63) is 0 Å². The van der Waals surface area contributed by atoms with Gasteiger partial charge in [-0.05, 0) is 12.5 Å². The van der Waals surface area contributed by atoms with Crippen molar-refractivity contribution in [3.63, 3.8) is 0 Å². The van der Waals surface area contributed by atoms with Crippen LogP contribution in [0.1, 0.15) is 20.3 Å². The molecule has 1 aliphatic heterocycles. The fraction of sp³-hybridized carbons (Fsp3) is 0.889. The van der Waals surface area contributed by atoms with E-state index in [1.165, 1.54) is 0 Å². The van der Waals surface area contributed by atoms with E-state index in [1.54, 1.807) is 0 Å². The zero-order valence-electron chi connectivity index (χ0n) is 8.26. The largest absolute Gasteiger partial charge is 0.481 e. The van der Waals surface area contributed by atoms with Crippen molar-refractivity contribution in [2.24, 2.45) is 5.92 Å². The highest BCUT2D eigenvalue weighted by atomic mass is 16.4. The highest BCUT2D eigenvalue weighted by Gasteiger charge is 2.38. The van der Waals surface area contributed by atoms with E-state index in [-0.39, 0.29) is 12.0 Å². The quantitative estimate of drug-likeness (QED) is 0.567. The van der Waals surface area contributed by atoms with Gasteiger partial charge in [-0.25, -0.2) is 0 Å². The lowest BCUT2D eigenvalue weighted by Crippen LogP contribution is -2.68. The van der Waals surface area contributed by atoms with Crippen LogP contribution in [0, 0.1) is 5.92 Å². The number of carboxylic acids is 1. The summed E-state index contributed by atoms with van der Waals surface area (Å²) in [5, 5.41) is 15.1. The fourth-order valence-electron chi connectivity index (χ4n) is 1.45. The second-order valence-electron chi connectivity index (χ2n) is 4.23. The summed E-state index contributed by atoms with van der Waals surface area (Å²) in [5.74, 6) is -0.163. The van der Waals surface area contributed by atoms with E-state index in [0.29, 0.717) is 5.92 Å². The zero-order chi connectivity index (χ0) is 9.90. The molecule has 0 aliphatic carbocycles. The summed E-state index contributed by atoms with van der Waals surface area (Å²) in [6.07, 6.45) is 0.215. The minimum atomic E-state index is -0.724. The van der Waals surface area contributed by atoms with Gasteiger partial charge in [0.25, 0.3) is 0 Å². The molecule has 0 unspecified atom stereocenters. The Morgan fingerprint density at radius 3 is 2.54 bits per heavy atom. The maximum atomic E-state index is 10.6. The Bertz CT molecular complexity index is 188. The van der Waals surface area contributed by atoms with Crippen molar-refractivity contribution < 1.29 is 9.90 Å². The fourth-order valence-corrected chi connectivity index (χ4v) is 1.45. The molecule has 4 nitrogen and oxygen atoms in total. The van der Waals surface area contributed by atoms with Crippen LogP contribution in [0.15, 0.2) is 0 Å². The first kappa shape index (κ1) is 10.5. The number of aliphatic carboxylic acids is 1. The molecular weight excluding hydrogens is 168 g/mol. The molecule has 1 fully saturated rings. The molecule has 0 atom stereocenters. The summed E-state index contributed by atoms with van der Waals surface area (Å²) in [5.41, 5.74) is -0.184. The average molecular weight is 186 g/mol. The third-order valence-electron chi connectivity index (χ3n) is 2.30. The Kier molecular flexibility index (Phi) is 3.27. The lowest BCUT2D eigenvalue weighted by molar-refractivity contribution is -0.139. The van der Waals surface area contributed by atoms with E-state index >= 15 is 0 Å². The molecule has 0 saturated carbocycles. The second kappa shape index (κ2) is 4.07. The van der Waals surface area contributed by atoms with Crippen molar-refractivity contribution in [1.82, 2.24) is 10.6 Å².